The topological polar surface area (TPSA) is 29.1 Å². The third-order valence-corrected chi connectivity index (χ3v) is 4.33. The maximum atomic E-state index is 12.0. The SMILES string of the molecule is CSc1ccc(Cl)c(C(=O)NCCCCCI)c1. The quantitative estimate of drug-likeness (QED) is 0.320. The lowest BCUT2D eigenvalue weighted by atomic mass is 10.2. The first-order chi connectivity index (χ1) is 8.69. The zero-order chi connectivity index (χ0) is 13.4. The van der Waals surface area contributed by atoms with Gasteiger partial charge < -0.3 is 5.32 Å². The number of benzene rings is 1. The molecule has 1 aromatic carbocycles. The molecule has 5 heteroatoms. The van der Waals surface area contributed by atoms with Gasteiger partial charge in [0.1, 0.15) is 0 Å². The lowest BCUT2D eigenvalue weighted by Gasteiger charge is -2.07. The van der Waals surface area contributed by atoms with E-state index in [-0.39, 0.29) is 5.91 Å². The van der Waals surface area contributed by atoms with Crippen LogP contribution in [-0.2, 0) is 0 Å². The average molecular weight is 398 g/mol. The highest BCUT2D eigenvalue weighted by Gasteiger charge is 2.10. The van der Waals surface area contributed by atoms with Gasteiger partial charge in [0, 0.05) is 11.4 Å². The second kappa shape index (κ2) is 9.04. The molecule has 0 bridgehead atoms. The maximum absolute atomic E-state index is 12.0. The molecule has 0 aliphatic carbocycles. The second-order valence-corrected chi connectivity index (χ2v) is 6.22. The highest BCUT2D eigenvalue weighted by molar-refractivity contribution is 14.1. The molecule has 1 amide bonds. The first kappa shape index (κ1) is 16.1. The van der Waals surface area contributed by atoms with Gasteiger partial charge in [-0.2, -0.15) is 0 Å². The lowest BCUT2D eigenvalue weighted by molar-refractivity contribution is 0.0953. The van der Waals surface area contributed by atoms with Crippen LogP contribution in [-0.4, -0.2) is 23.1 Å². The van der Waals surface area contributed by atoms with Crippen LogP contribution in [0.15, 0.2) is 23.1 Å². The number of alkyl halides is 1. The van der Waals surface area contributed by atoms with Gasteiger partial charge in [-0.25, -0.2) is 0 Å². The van der Waals surface area contributed by atoms with Crippen molar-refractivity contribution >= 4 is 51.9 Å². The molecular formula is C13H17ClINOS. The van der Waals surface area contributed by atoms with E-state index in [9.17, 15) is 4.79 Å². The van der Waals surface area contributed by atoms with Crippen LogP contribution in [0.5, 0.6) is 0 Å². The van der Waals surface area contributed by atoms with Crippen molar-refractivity contribution in [2.45, 2.75) is 24.2 Å². The fraction of sp³-hybridized carbons (Fsp3) is 0.462. The fourth-order valence-corrected chi connectivity index (χ4v) is 2.68. The van der Waals surface area contributed by atoms with Gasteiger partial charge in [0.15, 0.2) is 0 Å². The molecule has 0 fully saturated rings. The number of nitrogens with one attached hydrogen (secondary N) is 1. The number of unbranched alkanes of at least 4 members (excludes halogenated alkanes) is 2. The van der Waals surface area contributed by atoms with Crippen LogP contribution in [0.4, 0.5) is 0 Å². The molecule has 0 unspecified atom stereocenters. The van der Waals surface area contributed by atoms with E-state index in [1.54, 1.807) is 17.8 Å². The molecule has 0 saturated carbocycles. The number of hydrogen-bond donors (Lipinski definition) is 1. The van der Waals surface area contributed by atoms with Crippen LogP contribution in [0, 0.1) is 0 Å². The number of rotatable bonds is 7. The summed E-state index contributed by atoms with van der Waals surface area (Å²) in [4.78, 5) is 13.0. The number of hydrogen-bond acceptors (Lipinski definition) is 2. The molecule has 0 saturated heterocycles. The van der Waals surface area contributed by atoms with Gasteiger partial charge >= 0.3 is 0 Å². The predicted octanol–water partition coefficient (Wildman–Crippen LogP) is 4.40. The molecule has 0 heterocycles. The van der Waals surface area contributed by atoms with Crippen LogP contribution in [0.3, 0.4) is 0 Å². The predicted molar refractivity (Wildman–Crippen MR) is 88.3 cm³/mol. The Morgan fingerprint density at radius 3 is 2.83 bits per heavy atom. The summed E-state index contributed by atoms with van der Waals surface area (Å²) < 4.78 is 1.17. The van der Waals surface area contributed by atoms with E-state index >= 15 is 0 Å². The minimum Gasteiger partial charge on any atom is -0.352 e. The Balaban J connectivity index is 2.50. The molecule has 0 spiro atoms. The Morgan fingerprint density at radius 2 is 2.17 bits per heavy atom. The minimum atomic E-state index is -0.0784. The zero-order valence-corrected chi connectivity index (χ0v) is 14.1. The van der Waals surface area contributed by atoms with E-state index in [0.717, 1.165) is 24.3 Å². The highest BCUT2D eigenvalue weighted by atomic mass is 127. The van der Waals surface area contributed by atoms with Crippen LogP contribution in [0.2, 0.25) is 5.02 Å². The third kappa shape index (κ3) is 5.36. The molecule has 0 aliphatic heterocycles. The number of carbonyl (C=O) groups excluding carboxylic acids is 1. The smallest absolute Gasteiger partial charge is 0.252 e. The van der Waals surface area contributed by atoms with E-state index in [0.29, 0.717) is 10.6 Å². The molecular weight excluding hydrogens is 381 g/mol. The monoisotopic (exact) mass is 397 g/mol. The summed E-state index contributed by atoms with van der Waals surface area (Å²) >= 11 is 10.0. The number of carbonyl (C=O) groups is 1. The van der Waals surface area contributed by atoms with Crippen LogP contribution >= 0.6 is 46.0 Å². The maximum Gasteiger partial charge on any atom is 0.252 e. The van der Waals surface area contributed by atoms with Gasteiger partial charge in [-0.1, -0.05) is 40.6 Å². The van der Waals surface area contributed by atoms with Gasteiger partial charge in [0.05, 0.1) is 10.6 Å². The molecule has 100 valence electrons. The normalized spacial score (nSPS) is 10.4. The number of thioether (sulfide) groups is 1. The molecule has 0 atom stereocenters. The number of amides is 1. The van der Waals surface area contributed by atoms with Crippen molar-refractivity contribution in [1.82, 2.24) is 5.32 Å². The fourth-order valence-electron chi connectivity index (χ4n) is 1.50. The Morgan fingerprint density at radius 1 is 1.39 bits per heavy atom. The second-order valence-electron chi connectivity index (χ2n) is 3.85. The van der Waals surface area contributed by atoms with E-state index < -0.39 is 0 Å². The number of halogens is 2. The molecule has 2 nitrogen and oxygen atoms in total. The lowest BCUT2D eigenvalue weighted by Crippen LogP contribution is -2.24. The molecule has 1 N–H and O–H groups in total. The van der Waals surface area contributed by atoms with E-state index in [1.165, 1.54) is 10.8 Å². The Hall–Kier alpha value is 0.0600. The highest BCUT2D eigenvalue weighted by Crippen LogP contribution is 2.22. The van der Waals surface area contributed by atoms with Crippen LogP contribution in [0.1, 0.15) is 29.6 Å². The van der Waals surface area contributed by atoms with E-state index in [4.69, 9.17) is 11.6 Å². The van der Waals surface area contributed by atoms with Gasteiger partial charge in [-0.3, -0.25) is 4.79 Å². The molecule has 0 aromatic heterocycles. The molecule has 1 aromatic rings. The van der Waals surface area contributed by atoms with E-state index in [2.05, 4.69) is 27.9 Å². The summed E-state index contributed by atoms with van der Waals surface area (Å²) in [5, 5.41) is 3.43. The summed E-state index contributed by atoms with van der Waals surface area (Å²) in [6, 6.07) is 5.54. The summed E-state index contributed by atoms with van der Waals surface area (Å²) in [7, 11) is 0. The largest absolute Gasteiger partial charge is 0.352 e. The Labute approximate surface area is 131 Å². The van der Waals surface area contributed by atoms with Gasteiger partial charge in [0.2, 0.25) is 0 Å². The summed E-state index contributed by atoms with van der Waals surface area (Å²) in [5.41, 5.74) is 0.567. The van der Waals surface area contributed by atoms with Gasteiger partial charge in [-0.05, 0) is 41.7 Å². The summed E-state index contributed by atoms with van der Waals surface area (Å²) in [6.07, 6.45) is 5.37. The van der Waals surface area contributed by atoms with Crippen LogP contribution < -0.4 is 5.32 Å². The van der Waals surface area contributed by atoms with Crippen molar-refractivity contribution in [1.29, 1.82) is 0 Å². The molecule has 1 rings (SSSR count). The van der Waals surface area contributed by atoms with Crippen molar-refractivity contribution in [2.75, 3.05) is 17.2 Å². The Bertz CT molecular complexity index is 401. The third-order valence-electron chi connectivity index (χ3n) is 2.51. The minimum absolute atomic E-state index is 0.0784. The van der Waals surface area contributed by atoms with Crippen molar-refractivity contribution in [3.63, 3.8) is 0 Å². The summed E-state index contributed by atoms with van der Waals surface area (Å²) in [5.74, 6) is -0.0784. The average Bonchev–Trinajstić information content (AvgIpc) is 2.39. The zero-order valence-electron chi connectivity index (χ0n) is 10.3. The first-order valence-corrected chi connectivity index (χ1v) is 8.99. The molecule has 0 aliphatic rings. The first-order valence-electron chi connectivity index (χ1n) is 5.86. The van der Waals surface area contributed by atoms with Crippen molar-refractivity contribution in [3.05, 3.63) is 28.8 Å². The van der Waals surface area contributed by atoms with Crippen molar-refractivity contribution in [2.24, 2.45) is 0 Å². The van der Waals surface area contributed by atoms with Crippen molar-refractivity contribution < 1.29 is 4.79 Å². The molecule has 18 heavy (non-hydrogen) atoms. The Kier molecular flexibility index (Phi) is 8.10. The van der Waals surface area contributed by atoms with E-state index in [1.807, 2.05) is 18.4 Å². The van der Waals surface area contributed by atoms with Gasteiger partial charge in [0.25, 0.3) is 5.91 Å². The summed E-state index contributed by atoms with van der Waals surface area (Å²) in [6.45, 7) is 0.718. The standard InChI is InChI=1S/C13H17ClINOS/c1-18-10-5-6-12(14)11(9-10)13(17)16-8-4-2-3-7-15/h5-6,9H,2-4,7-8H2,1H3,(H,16,17). The van der Waals surface area contributed by atoms with Crippen LogP contribution in [0.25, 0.3) is 0 Å². The van der Waals surface area contributed by atoms with Crippen molar-refractivity contribution in [3.8, 4) is 0 Å². The van der Waals surface area contributed by atoms with Gasteiger partial charge in [-0.15, -0.1) is 11.8 Å². The molecule has 0 radical (unpaired) electrons.